The molecular formula is C10H13FN2O. The van der Waals surface area contributed by atoms with Crippen LogP contribution < -0.4 is 10.6 Å². The SMILES string of the molecule is CN(C)c1cccc(F)c1C(=O)CN. The second kappa shape index (κ2) is 4.19. The molecule has 1 aromatic carbocycles. The van der Waals surface area contributed by atoms with E-state index in [1.54, 1.807) is 31.1 Å². The zero-order valence-corrected chi connectivity index (χ0v) is 8.25. The van der Waals surface area contributed by atoms with E-state index in [-0.39, 0.29) is 17.9 Å². The average molecular weight is 196 g/mol. The highest BCUT2D eigenvalue weighted by molar-refractivity contribution is 6.02. The van der Waals surface area contributed by atoms with E-state index in [1.165, 1.54) is 6.07 Å². The van der Waals surface area contributed by atoms with Crippen LogP contribution >= 0.6 is 0 Å². The van der Waals surface area contributed by atoms with Gasteiger partial charge >= 0.3 is 0 Å². The van der Waals surface area contributed by atoms with Crippen molar-refractivity contribution in [3.63, 3.8) is 0 Å². The number of nitrogens with two attached hydrogens (primary N) is 1. The second-order valence-electron chi connectivity index (χ2n) is 3.16. The van der Waals surface area contributed by atoms with Crippen molar-refractivity contribution < 1.29 is 9.18 Å². The summed E-state index contributed by atoms with van der Waals surface area (Å²) in [5, 5.41) is 0. The largest absolute Gasteiger partial charge is 0.377 e. The number of carbonyl (C=O) groups excluding carboxylic acids is 1. The van der Waals surface area contributed by atoms with Gasteiger partial charge in [0, 0.05) is 14.1 Å². The molecule has 0 aliphatic carbocycles. The van der Waals surface area contributed by atoms with Gasteiger partial charge in [0.2, 0.25) is 0 Å². The van der Waals surface area contributed by atoms with Crippen LogP contribution in [0.3, 0.4) is 0 Å². The number of hydrogen-bond donors (Lipinski definition) is 1. The Morgan fingerprint density at radius 3 is 2.64 bits per heavy atom. The summed E-state index contributed by atoms with van der Waals surface area (Å²) >= 11 is 0. The van der Waals surface area contributed by atoms with Gasteiger partial charge < -0.3 is 10.6 Å². The van der Waals surface area contributed by atoms with Crippen LogP contribution in [0, 0.1) is 5.82 Å². The molecule has 0 aliphatic rings. The normalized spacial score (nSPS) is 10.0. The Balaban J connectivity index is 3.29. The molecule has 0 bridgehead atoms. The van der Waals surface area contributed by atoms with E-state index in [1.807, 2.05) is 0 Å². The molecule has 0 radical (unpaired) electrons. The summed E-state index contributed by atoms with van der Waals surface area (Å²) in [5.41, 5.74) is 5.83. The fraction of sp³-hybridized carbons (Fsp3) is 0.300. The maximum Gasteiger partial charge on any atom is 0.181 e. The molecule has 0 fully saturated rings. The monoisotopic (exact) mass is 196 g/mol. The Kier molecular flexibility index (Phi) is 3.19. The van der Waals surface area contributed by atoms with Gasteiger partial charge in [-0.15, -0.1) is 0 Å². The van der Waals surface area contributed by atoms with Crippen molar-refractivity contribution in [1.29, 1.82) is 0 Å². The number of rotatable bonds is 3. The number of anilines is 1. The van der Waals surface area contributed by atoms with Gasteiger partial charge in [-0.3, -0.25) is 4.79 Å². The zero-order valence-electron chi connectivity index (χ0n) is 8.25. The molecule has 1 aromatic rings. The van der Waals surface area contributed by atoms with E-state index in [2.05, 4.69) is 0 Å². The van der Waals surface area contributed by atoms with Crippen LogP contribution in [0.2, 0.25) is 0 Å². The third kappa shape index (κ3) is 1.90. The molecule has 4 heteroatoms. The van der Waals surface area contributed by atoms with Crippen LogP contribution in [0.5, 0.6) is 0 Å². The van der Waals surface area contributed by atoms with Crippen LogP contribution in [-0.2, 0) is 0 Å². The van der Waals surface area contributed by atoms with Gasteiger partial charge in [-0.25, -0.2) is 4.39 Å². The van der Waals surface area contributed by atoms with E-state index >= 15 is 0 Å². The zero-order chi connectivity index (χ0) is 10.7. The lowest BCUT2D eigenvalue weighted by Gasteiger charge is -2.16. The molecule has 3 nitrogen and oxygen atoms in total. The predicted octanol–water partition coefficient (Wildman–Crippen LogP) is 1.03. The molecule has 76 valence electrons. The van der Waals surface area contributed by atoms with Crippen molar-refractivity contribution in [2.45, 2.75) is 0 Å². The number of nitrogens with zero attached hydrogens (tertiary/aromatic N) is 1. The summed E-state index contributed by atoms with van der Waals surface area (Å²) in [6, 6.07) is 4.51. The Morgan fingerprint density at radius 1 is 1.50 bits per heavy atom. The molecule has 0 aromatic heterocycles. The molecule has 0 amide bonds. The first-order valence-electron chi connectivity index (χ1n) is 4.27. The van der Waals surface area contributed by atoms with Gasteiger partial charge in [0.25, 0.3) is 0 Å². The number of halogens is 1. The van der Waals surface area contributed by atoms with Gasteiger partial charge in [-0.1, -0.05) is 6.07 Å². The lowest BCUT2D eigenvalue weighted by molar-refractivity contribution is 0.0998. The van der Waals surface area contributed by atoms with Crippen molar-refractivity contribution in [3.05, 3.63) is 29.6 Å². The number of hydrogen-bond acceptors (Lipinski definition) is 3. The Morgan fingerprint density at radius 2 is 2.14 bits per heavy atom. The molecule has 0 atom stereocenters. The third-order valence-corrected chi connectivity index (χ3v) is 1.94. The van der Waals surface area contributed by atoms with Crippen LogP contribution in [-0.4, -0.2) is 26.4 Å². The molecular weight excluding hydrogens is 183 g/mol. The Hall–Kier alpha value is -1.42. The summed E-state index contributed by atoms with van der Waals surface area (Å²) in [6.07, 6.45) is 0. The first kappa shape index (κ1) is 10.7. The van der Waals surface area contributed by atoms with E-state index < -0.39 is 5.82 Å². The summed E-state index contributed by atoms with van der Waals surface area (Å²) in [5.74, 6) is -0.904. The number of carbonyl (C=O) groups is 1. The summed E-state index contributed by atoms with van der Waals surface area (Å²) < 4.78 is 13.3. The van der Waals surface area contributed by atoms with Crippen molar-refractivity contribution >= 4 is 11.5 Å². The highest BCUT2D eigenvalue weighted by atomic mass is 19.1. The fourth-order valence-electron chi connectivity index (χ4n) is 1.26. The average Bonchev–Trinajstić information content (AvgIpc) is 2.16. The predicted molar refractivity (Wildman–Crippen MR) is 54.1 cm³/mol. The van der Waals surface area contributed by atoms with E-state index in [0.29, 0.717) is 5.69 Å². The highest BCUT2D eigenvalue weighted by Crippen LogP contribution is 2.21. The third-order valence-electron chi connectivity index (χ3n) is 1.94. The van der Waals surface area contributed by atoms with Crippen molar-refractivity contribution in [3.8, 4) is 0 Å². The number of Topliss-reactive ketones (excluding diaryl/α,β-unsaturated/α-hetero) is 1. The van der Waals surface area contributed by atoms with Gasteiger partial charge in [-0.2, -0.15) is 0 Å². The second-order valence-corrected chi connectivity index (χ2v) is 3.16. The topological polar surface area (TPSA) is 46.3 Å². The van der Waals surface area contributed by atoms with Gasteiger partial charge in [0.1, 0.15) is 5.82 Å². The molecule has 14 heavy (non-hydrogen) atoms. The lowest BCUT2D eigenvalue weighted by atomic mass is 10.1. The molecule has 1 rings (SSSR count). The van der Waals surface area contributed by atoms with E-state index in [9.17, 15) is 9.18 Å². The fourth-order valence-corrected chi connectivity index (χ4v) is 1.26. The molecule has 0 spiro atoms. The van der Waals surface area contributed by atoms with E-state index in [4.69, 9.17) is 5.73 Å². The lowest BCUT2D eigenvalue weighted by Crippen LogP contribution is -2.20. The van der Waals surface area contributed by atoms with Crippen LogP contribution in [0.1, 0.15) is 10.4 Å². The Labute approximate surface area is 82.3 Å². The minimum Gasteiger partial charge on any atom is -0.377 e. The smallest absolute Gasteiger partial charge is 0.181 e. The first-order chi connectivity index (χ1) is 6.57. The molecule has 0 aliphatic heterocycles. The minimum absolute atomic E-state index is 0.0694. The minimum atomic E-state index is -0.522. The van der Waals surface area contributed by atoms with Crippen LogP contribution in [0.15, 0.2) is 18.2 Å². The quantitative estimate of drug-likeness (QED) is 0.734. The molecule has 2 N–H and O–H groups in total. The molecule has 0 heterocycles. The van der Waals surface area contributed by atoms with Crippen LogP contribution in [0.4, 0.5) is 10.1 Å². The number of ketones is 1. The van der Waals surface area contributed by atoms with Gasteiger partial charge in [0.05, 0.1) is 17.8 Å². The summed E-state index contributed by atoms with van der Waals surface area (Å²) in [7, 11) is 3.50. The van der Waals surface area contributed by atoms with Crippen molar-refractivity contribution in [2.75, 3.05) is 25.5 Å². The van der Waals surface area contributed by atoms with Gasteiger partial charge in [0.15, 0.2) is 5.78 Å². The van der Waals surface area contributed by atoms with Crippen LogP contribution in [0.25, 0.3) is 0 Å². The first-order valence-corrected chi connectivity index (χ1v) is 4.27. The van der Waals surface area contributed by atoms with Crippen molar-refractivity contribution in [1.82, 2.24) is 0 Å². The number of benzene rings is 1. The Bertz CT molecular complexity index is 350. The maximum absolute atomic E-state index is 13.3. The molecule has 0 saturated heterocycles. The highest BCUT2D eigenvalue weighted by Gasteiger charge is 2.15. The molecule has 0 unspecified atom stereocenters. The summed E-state index contributed by atoms with van der Waals surface area (Å²) in [6.45, 7) is -0.179. The summed E-state index contributed by atoms with van der Waals surface area (Å²) in [4.78, 5) is 13.1. The van der Waals surface area contributed by atoms with E-state index in [0.717, 1.165) is 0 Å². The molecule has 0 saturated carbocycles. The van der Waals surface area contributed by atoms with Crippen molar-refractivity contribution in [2.24, 2.45) is 5.73 Å². The maximum atomic E-state index is 13.3. The van der Waals surface area contributed by atoms with Gasteiger partial charge in [-0.05, 0) is 12.1 Å². The standard InChI is InChI=1S/C10H13FN2O/c1-13(2)8-5-3-4-7(11)10(8)9(14)6-12/h3-5H,6,12H2,1-2H3.